The Labute approximate surface area is 67.2 Å². The van der Waals surface area contributed by atoms with Crippen LogP contribution in [-0.2, 0) is 4.79 Å². The van der Waals surface area contributed by atoms with Gasteiger partial charge in [0.15, 0.2) is 0 Å². The molecule has 0 saturated carbocycles. The molecule has 0 saturated heterocycles. The normalized spacial score (nSPS) is 10.2. The fourth-order valence-corrected chi connectivity index (χ4v) is 0.223. The summed E-state index contributed by atoms with van der Waals surface area (Å²) in [6.07, 6.45) is 0. The number of quaternary nitrogens is 1. The molecule has 0 aliphatic rings. The van der Waals surface area contributed by atoms with Gasteiger partial charge >= 0.3 is 5.91 Å². The number of halogens is 1. The Kier molecular flexibility index (Phi) is 5.28. The van der Waals surface area contributed by atoms with Gasteiger partial charge in [-0.3, -0.25) is 4.48 Å². The first-order valence-corrected chi connectivity index (χ1v) is 2.85. The predicted molar refractivity (Wildman–Crippen MR) is 33.3 cm³/mol. The van der Waals surface area contributed by atoms with E-state index >= 15 is 0 Å². The van der Waals surface area contributed by atoms with E-state index in [4.69, 9.17) is 0 Å². The van der Waals surface area contributed by atoms with E-state index in [0.717, 1.165) is 6.54 Å². The Morgan fingerprint density at radius 1 is 1.44 bits per heavy atom. The molecule has 0 aromatic carbocycles. The smallest absolute Gasteiger partial charge is 0.310 e. The molecule has 0 N–H and O–H groups in total. The molecule has 0 unspecified atom stereocenters. The van der Waals surface area contributed by atoms with E-state index < -0.39 is 0 Å². The zero-order valence-corrected chi connectivity index (χ0v) is 8.03. The molecule has 0 radical (unpaired) electrons. The molecule has 2 nitrogen and oxygen atoms in total. The van der Waals surface area contributed by atoms with Crippen LogP contribution in [0.1, 0.15) is 13.8 Å². The molecule has 56 valence electrons. The first-order chi connectivity index (χ1) is 3.50. The van der Waals surface area contributed by atoms with Gasteiger partial charge in [-0.1, -0.05) is 0 Å². The summed E-state index contributed by atoms with van der Waals surface area (Å²) in [5.41, 5.74) is 0. The van der Waals surface area contributed by atoms with Gasteiger partial charge in [-0.15, -0.1) is 0 Å². The summed E-state index contributed by atoms with van der Waals surface area (Å²) < 4.78 is 0.486. The third kappa shape index (κ3) is 3.65. The molecule has 0 aromatic rings. The maximum Gasteiger partial charge on any atom is 0.310 e. The third-order valence-electron chi connectivity index (χ3n) is 1.64. The van der Waals surface area contributed by atoms with Crippen LogP contribution < -0.4 is 17.0 Å². The number of hydrogen-bond acceptors (Lipinski definition) is 1. The van der Waals surface area contributed by atoms with Crippen LogP contribution in [0, 0.1) is 0 Å². The maximum atomic E-state index is 10.7. The molecule has 0 aliphatic carbocycles. The summed E-state index contributed by atoms with van der Waals surface area (Å²) in [5, 5.41) is 0. The van der Waals surface area contributed by atoms with Crippen molar-refractivity contribution in [3.05, 3.63) is 0 Å². The molecule has 0 atom stereocenters. The van der Waals surface area contributed by atoms with Gasteiger partial charge in [0.25, 0.3) is 0 Å². The first-order valence-electron chi connectivity index (χ1n) is 2.85. The van der Waals surface area contributed by atoms with Gasteiger partial charge in [-0.2, -0.15) is 0 Å². The highest BCUT2D eigenvalue weighted by Crippen LogP contribution is 1.94. The molecule has 0 rings (SSSR count). The van der Waals surface area contributed by atoms with Crippen molar-refractivity contribution in [3.8, 4) is 0 Å². The molecule has 0 fully saturated rings. The van der Waals surface area contributed by atoms with Gasteiger partial charge in [0.05, 0.1) is 27.6 Å². The van der Waals surface area contributed by atoms with E-state index in [2.05, 4.69) is 0 Å². The third-order valence-corrected chi connectivity index (χ3v) is 1.64. The maximum absolute atomic E-state index is 10.7. The largest absolute Gasteiger partial charge is 1.00 e. The zero-order valence-electron chi connectivity index (χ0n) is 6.44. The van der Waals surface area contributed by atoms with E-state index in [1.54, 1.807) is 6.92 Å². The Hall–Kier alpha value is 0.110. The number of hydrogen-bond donors (Lipinski definition) is 0. The minimum Gasteiger partial charge on any atom is -1.00 e. The number of nitrogens with zero attached hydrogens (tertiary/aromatic N) is 1. The van der Waals surface area contributed by atoms with Crippen LogP contribution in [0.5, 0.6) is 0 Å². The average molecular weight is 196 g/mol. The van der Waals surface area contributed by atoms with Gasteiger partial charge in [0.2, 0.25) is 0 Å². The molecule has 9 heavy (non-hydrogen) atoms. The van der Waals surface area contributed by atoms with Crippen LogP contribution in [0.25, 0.3) is 0 Å². The summed E-state index contributed by atoms with van der Waals surface area (Å²) in [5.74, 6) is 0.215. The SMILES string of the molecule is CC[N+](C)(C)C(C)=O.[Br-]. The molecule has 0 aromatic heterocycles. The summed E-state index contributed by atoms with van der Waals surface area (Å²) in [6.45, 7) is 4.49. The fraction of sp³-hybridized carbons (Fsp3) is 0.833. The second kappa shape index (κ2) is 4.01. The highest BCUT2D eigenvalue weighted by Gasteiger charge is 2.17. The van der Waals surface area contributed by atoms with Crippen LogP contribution in [0.15, 0.2) is 0 Å². The van der Waals surface area contributed by atoms with Crippen molar-refractivity contribution in [1.29, 1.82) is 0 Å². The molecular weight excluding hydrogens is 182 g/mol. The van der Waals surface area contributed by atoms with Crippen LogP contribution in [0.3, 0.4) is 0 Å². The van der Waals surface area contributed by atoms with E-state index in [1.165, 1.54) is 0 Å². The van der Waals surface area contributed by atoms with Gasteiger partial charge in [-0.05, 0) is 6.92 Å². The molecule has 0 bridgehead atoms. The topological polar surface area (TPSA) is 17.1 Å². The Morgan fingerprint density at radius 3 is 1.78 bits per heavy atom. The van der Waals surface area contributed by atoms with Gasteiger partial charge in [0.1, 0.15) is 0 Å². The second-order valence-electron chi connectivity index (χ2n) is 2.52. The van der Waals surface area contributed by atoms with Crippen LogP contribution >= 0.6 is 0 Å². The van der Waals surface area contributed by atoms with Crippen molar-refractivity contribution in [2.75, 3.05) is 20.6 Å². The van der Waals surface area contributed by atoms with Gasteiger partial charge in [0, 0.05) is 0 Å². The van der Waals surface area contributed by atoms with Crippen molar-refractivity contribution in [1.82, 2.24) is 0 Å². The monoisotopic (exact) mass is 195 g/mol. The molecule has 3 heteroatoms. The van der Waals surface area contributed by atoms with Crippen molar-refractivity contribution in [2.45, 2.75) is 13.8 Å². The molecule has 0 aliphatic heterocycles. The Balaban J connectivity index is 0. The summed E-state index contributed by atoms with van der Waals surface area (Å²) in [7, 11) is 3.81. The Morgan fingerprint density at radius 2 is 1.78 bits per heavy atom. The molecular formula is C6H14BrNO. The minimum absolute atomic E-state index is 0. The summed E-state index contributed by atoms with van der Waals surface area (Å²) >= 11 is 0. The van der Waals surface area contributed by atoms with Gasteiger partial charge < -0.3 is 17.0 Å². The lowest BCUT2D eigenvalue weighted by Gasteiger charge is -2.22. The van der Waals surface area contributed by atoms with Crippen LogP contribution in [0.4, 0.5) is 0 Å². The van der Waals surface area contributed by atoms with Crippen molar-refractivity contribution >= 4 is 5.91 Å². The lowest BCUT2D eigenvalue weighted by molar-refractivity contribution is -0.811. The van der Waals surface area contributed by atoms with Crippen LogP contribution in [0.2, 0.25) is 0 Å². The quantitative estimate of drug-likeness (QED) is 0.428. The zero-order chi connectivity index (χ0) is 6.78. The van der Waals surface area contributed by atoms with E-state index in [-0.39, 0.29) is 22.9 Å². The van der Waals surface area contributed by atoms with Crippen molar-refractivity contribution in [2.24, 2.45) is 0 Å². The molecule has 0 spiro atoms. The average Bonchev–Trinajstić information content (AvgIpc) is 1.67. The standard InChI is InChI=1S/C6H14NO.BrH/c1-5-7(3,4)6(2)8;/h5H2,1-4H3;1H/q+1;/p-1. The van der Waals surface area contributed by atoms with Crippen molar-refractivity contribution in [3.63, 3.8) is 0 Å². The number of rotatable bonds is 1. The van der Waals surface area contributed by atoms with Crippen LogP contribution in [-0.4, -0.2) is 31.0 Å². The lowest BCUT2D eigenvalue weighted by atomic mass is 10.4. The van der Waals surface area contributed by atoms with Crippen molar-refractivity contribution < 1.29 is 26.3 Å². The Bertz CT molecular complexity index is 101. The number of amides is 1. The van der Waals surface area contributed by atoms with E-state index in [1.807, 2.05) is 21.0 Å². The number of carbonyl (C=O) groups excluding carboxylic acids is 1. The van der Waals surface area contributed by atoms with E-state index in [9.17, 15) is 4.79 Å². The number of carbonyl (C=O) groups is 1. The predicted octanol–water partition coefficient (Wildman–Crippen LogP) is -2.37. The molecule has 1 amide bonds. The highest BCUT2D eigenvalue weighted by molar-refractivity contribution is 5.65. The minimum atomic E-state index is 0. The second-order valence-corrected chi connectivity index (χ2v) is 2.52. The first kappa shape index (κ1) is 11.9. The van der Waals surface area contributed by atoms with Gasteiger partial charge in [-0.25, -0.2) is 4.79 Å². The fourth-order valence-electron chi connectivity index (χ4n) is 0.223. The summed E-state index contributed by atoms with van der Waals surface area (Å²) in [6, 6.07) is 0. The van der Waals surface area contributed by atoms with E-state index in [0.29, 0.717) is 4.48 Å². The summed E-state index contributed by atoms with van der Waals surface area (Å²) in [4.78, 5) is 10.7. The molecule has 0 heterocycles. The highest BCUT2D eigenvalue weighted by atomic mass is 79.9. The lowest BCUT2D eigenvalue weighted by Crippen LogP contribution is -3.00.